The van der Waals surface area contributed by atoms with Crippen molar-refractivity contribution in [2.45, 2.75) is 71.4 Å². The quantitative estimate of drug-likeness (QED) is 0.617. The van der Waals surface area contributed by atoms with Crippen LogP contribution in [0.5, 0.6) is 0 Å². The zero-order valence-electron chi connectivity index (χ0n) is 17.4. The van der Waals surface area contributed by atoms with Crippen molar-refractivity contribution in [3.8, 4) is 0 Å². The van der Waals surface area contributed by atoms with Crippen LogP contribution in [0.25, 0.3) is 0 Å². The lowest BCUT2D eigenvalue weighted by molar-refractivity contribution is -0.0494. The molecule has 150 valence electrons. The van der Waals surface area contributed by atoms with Crippen molar-refractivity contribution in [1.29, 1.82) is 0 Å². The summed E-state index contributed by atoms with van der Waals surface area (Å²) in [6.07, 6.45) is 12.2. The highest BCUT2D eigenvalue weighted by molar-refractivity contribution is 5.33. The van der Waals surface area contributed by atoms with Gasteiger partial charge in [0.2, 0.25) is 0 Å². The molecule has 3 heteroatoms. The molecular weight excluding hydrogens is 332 g/mol. The molecule has 3 nitrogen and oxygen atoms in total. The molecule has 0 amide bonds. The highest BCUT2D eigenvalue weighted by atomic mass is 16.3. The molecule has 2 saturated carbocycles. The van der Waals surface area contributed by atoms with E-state index in [9.17, 15) is 5.11 Å². The minimum Gasteiger partial charge on any atom is -0.393 e. The van der Waals surface area contributed by atoms with Gasteiger partial charge in [-0.3, -0.25) is 0 Å². The summed E-state index contributed by atoms with van der Waals surface area (Å²) in [7, 11) is 0. The molecule has 5 aliphatic rings. The van der Waals surface area contributed by atoms with Crippen molar-refractivity contribution in [3.63, 3.8) is 0 Å². The van der Waals surface area contributed by atoms with Gasteiger partial charge in [-0.25, -0.2) is 0 Å². The second-order valence-corrected chi connectivity index (χ2v) is 10.7. The molecule has 0 spiro atoms. The number of hydrogen-bond donors (Lipinski definition) is 3. The molecule has 5 rings (SSSR count). The molecule has 3 fully saturated rings. The zero-order chi connectivity index (χ0) is 18.8. The maximum atomic E-state index is 10.3. The van der Waals surface area contributed by atoms with E-state index in [1.807, 2.05) is 0 Å². The Morgan fingerprint density at radius 2 is 1.89 bits per heavy atom. The summed E-state index contributed by atoms with van der Waals surface area (Å²) in [6, 6.07) is 0.538. The Morgan fingerprint density at radius 3 is 2.67 bits per heavy atom. The molecule has 1 heterocycles. The lowest BCUT2D eigenvalue weighted by atomic mass is 9.45. The number of aliphatic hydroxyl groups excluding tert-OH is 1. The Hall–Kier alpha value is -0.640. The van der Waals surface area contributed by atoms with Crippen molar-refractivity contribution in [1.82, 2.24) is 10.6 Å². The third kappa shape index (κ3) is 2.64. The van der Waals surface area contributed by atoms with E-state index < -0.39 is 0 Å². The van der Waals surface area contributed by atoms with Crippen LogP contribution in [0, 0.1) is 34.5 Å². The number of hydrogen-bond acceptors (Lipinski definition) is 3. The average Bonchev–Trinajstić information content (AvgIpc) is 3.01. The van der Waals surface area contributed by atoms with Crippen LogP contribution in [-0.4, -0.2) is 36.9 Å². The third-order valence-corrected chi connectivity index (χ3v) is 9.47. The third-order valence-electron chi connectivity index (χ3n) is 9.47. The van der Waals surface area contributed by atoms with E-state index in [1.165, 1.54) is 25.7 Å². The lowest BCUT2D eigenvalue weighted by Crippen LogP contribution is -2.55. The van der Waals surface area contributed by atoms with Crippen molar-refractivity contribution < 1.29 is 5.11 Å². The molecular formula is C24H38N2O. The Kier molecular flexibility index (Phi) is 4.38. The molecule has 3 N–H and O–H groups in total. The van der Waals surface area contributed by atoms with Crippen LogP contribution in [0.15, 0.2) is 23.3 Å². The van der Waals surface area contributed by atoms with Gasteiger partial charge in [-0.15, -0.1) is 0 Å². The van der Waals surface area contributed by atoms with Crippen molar-refractivity contribution in [2.24, 2.45) is 34.5 Å². The highest BCUT2D eigenvalue weighted by Gasteiger charge is 2.58. The SMILES string of the molecule is C[C@@H]1C=C2C[C@@H](O)CC[C@]2(C)[C@H]2CC[C@]3(C)C(C4CNCCN4)=CC[C@H]3[C@H]12. The summed E-state index contributed by atoms with van der Waals surface area (Å²) in [6.45, 7) is 10.9. The van der Waals surface area contributed by atoms with Crippen LogP contribution >= 0.6 is 0 Å². The van der Waals surface area contributed by atoms with E-state index in [2.05, 4.69) is 43.6 Å². The standard InChI is InChI=1S/C24H38N2O/c1-15-12-16-13-17(27)6-8-23(16,2)20-7-9-24(3)18(4-5-19(24)22(15)20)21-14-25-10-11-26-21/h4,12,15,17,19-22,25-27H,5-11,13-14H2,1-3H3/t15-,17+,19+,20+,21?,22+,23+,24-/m1/s1. The van der Waals surface area contributed by atoms with Gasteiger partial charge in [0.25, 0.3) is 0 Å². The molecule has 27 heavy (non-hydrogen) atoms. The average molecular weight is 371 g/mol. The van der Waals surface area contributed by atoms with Crippen LogP contribution in [-0.2, 0) is 0 Å². The fourth-order valence-electron chi connectivity index (χ4n) is 8.02. The summed E-state index contributed by atoms with van der Waals surface area (Å²) in [5.41, 5.74) is 4.01. The molecule has 8 atom stereocenters. The van der Waals surface area contributed by atoms with E-state index in [1.54, 1.807) is 11.1 Å². The van der Waals surface area contributed by atoms with Gasteiger partial charge in [-0.05, 0) is 78.6 Å². The minimum absolute atomic E-state index is 0.105. The molecule has 1 aliphatic heterocycles. The second-order valence-electron chi connectivity index (χ2n) is 10.7. The van der Waals surface area contributed by atoms with E-state index in [-0.39, 0.29) is 6.10 Å². The number of fused-ring (bicyclic) bond motifs is 5. The normalized spacial score (nSPS) is 52.3. The number of piperazine rings is 1. The van der Waals surface area contributed by atoms with E-state index in [0.717, 1.165) is 50.2 Å². The van der Waals surface area contributed by atoms with Gasteiger partial charge >= 0.3 is 0 Å². The Labute approximate surface area is 165 Å². The molecule has 1 saturated heterocycles. The fourth-order valence-corrected chi connectivity index (χ4v) is 8.02. The summed E-state index contributed by atoms with van der Waals surface area (Å²) < 4.78 is 0. The first-order chi connectivity index (χ1) is 12.9. The molecule has 1 unspecified atom stereocenters. The van der Waals surface area contributed by atoms with Gasteiger partial charge in [0, 0.05) is 25.7 Å². The first kappa shape index (κ1) is 18.4. The number of nitrogens with one attached hydrogen (secondary N) is 2. The van der Waals surface area contributed by atoms with Crippen molar-refractivity contribution in [2.75, 3.05) is 19.6 Å². The number of aliphatic hydroxyl groups is 1. The van der Waals surface area contributed by atoms with E-state index >= 15 is 0 Å². The summed E-state index contributed by atoms with van der Waals surface area (Å²) in [4.78, 5) is 0. The zero-order valence-corrected chi connectivity index (χ0v) is 17.4. The van der Waals surface area contributed by atoms with Gasteiger partial charge in [0.1, 0.15) is 0 Å². The first-order valence-electron chi connectivity index (χ1n) is 11.5. The Balaban J connectivity index is 1.46. The minimum atomic E-state index is -0.105. The molecule has 0 aromatic rings. The van der Waals surface area contributed by atoms with Gasteiger partial charge in [0.05, 0.1) is 6.10 Å². The van der Waals surface area contributed by atoms with E-state index in [4.69, 9.17) is 0 Å². The van der Waals surface area contributed by atoms with Crippen LogP contribution in [0.2, 0.25) is 0 Å². The van der Waals surface area contributed by atoms with Crippen molar-refractivity contribution in [3.05, 3.63) is 23.3 Å². The van der Waals surface area contributed by atoms with Crippen LogP contribution in [0.1, 0.15) is 59.3 Å². The van der Waals surface area contributed by atoms with Crippen LogP contribution in [0.3, 0.4) is 0 Å². The molecule has 0 radical (unpaired) electrons. The molecule has 4 aliphatic carbocycles. The van der Waals surface area contributed by atoms with Gasteiger partial charge in [-0.1, -0.05) is 38.5 Å². The summed E-state index contributed by atoms with van der Waals surface area (Å²) >= 11 is 0. The summed E-state index contributed by atoms with van der Waals surface area (Å²) in [5, 5.41) is 17.6. The predicted molar refractivity (Wildman–Crippen MR) is 110 cm³/mol. The van der Waals surface area contributed by atoms with Crippen LogP contribution < -0.4 is 10.6 Å². The monoisotopic (exact) mass is 370 g/mol. The fraction of sp³-hybridized carbons (Fsp3) is 0.833. The first-order valence-corrected chi connectivity index (χ1v) is 11.5. The maximum Gasteiger partial charge on any atom is 0.0577 e. The predicted octanol–water partition coefficient (Wildman–Crippen LogP) is 3.65. The van der Waals surface area contributed by atoms with Gasteiger partial charge < -0.3 is 15.7 Å². The lowest BCUT2D eigenvalue weighted by Gasteiger charge is -2.60. The highest BCUT2D eigenvalue weighted by Crippen LogP contribution is 2.66. The maximum absolute atomic E-state index is 10.3. The largest absolute Gasteiger partial charge is 0.393 e. The molecule has 0 aromatic heterocycles. The van der Waals surface area contributed by atoms with Crippen molar-refractivity contribution >= 4 is 0 Å². The molecule has 0 aromatic carbocycles. The number of rotatable bonds is 1. The number of allylic oxidation sites excluding steroid dienone is 2. The van der Waals surface area contributed by atoms with E-state index in [0.29, 0.717) is 22.8 Å². The van der Waals surface area contributed by atoms with Gasteiger partial charge in [0.15, 0.2) is 0 Å². The van der Waals surface area contributed by atoms with Crippen LogP contribution in [0.4, 0.5) is 0 Å². The Bertz CT molecular complexity index is 663. The smallest absolute Gasteiger partial charge is 0.0577 e. The Morgan fingerprint density at radius 1 is 1.07 bits per heavy atom. The topological polar surface area (TPSA) is 44.3 Å². The second kappa shape index (κ2) is 6.43. The summed E-state index contributed by atoms with van der Waals surface area (Å²) in [5.74, 6) is 3.06. The van der Waals surface area contributed by atoms with Gasteiger partial charge in [-0.2, -0.15) is 0 Å². The molecule has 0 bridgehead atoms.